The van der Waals surface area contributed by atoms with E-state index in [0.29, 0.717) is 6.04 Å². The Labute approximate surface area is 95.8 Å². The van der Waals surface area contributed by atoms with Crippen LogP contribution >= 0.6 is 0 Å². The van der Waals surface area contributed by atoms with Crippen molar-refractivity contribution in [2.75, 3.05) is 0 Å². The Bertz CT molecular complexity index is 140. The van der Waals surface area contributed by atoms with Crippen molar-refractivity contribution in [3.05, 3.63) is 0 Å². The average Bonchev–Trinajstić information content (AvgIpc) is 2.14. The zero-order valence-corrected chi connectivity index (χ0v) is 10.5. The lowest BCUT2D eigenvalue weighted by Gasteiger charge is -2.31. The molecule has 1 fully saturated rings. The fraction of sp³-hybridized carbons (Fsp3) is 1.00. The van der Waals surface area contributed by atoms with Crippen molar-refractivity contribution in [2.45, 2.75) is 83.6 Å². The number of rotatable bonds is 9. The Hall–Kier alpha value is -0.0400. The second-order valence-corrected chi connectivity index (χ2v) is 5.26. The molecule has 0 amide bonds. The summed E-state index contributed by atoms with van der Waals surface area (Å²) >= 11 is 0. The standard InChI is InChI=1S/C14H29N/c1-2-3-4-5-6-7-8-12-14(15)13-10-9-11-13/h13-14H,2-12,15H2,1H3. The lowest BCUT2D eigenvalue weighted by Crippen LogP contribution is -2.34. The smallest absolute Gasteiger partial charge is 0.00671 e. The molecule has 1 saturated carbocycles. The van der Waals surface area contributed by atoms with Gasteiger partial charge in [0.15, 0.2) is 0 Å². The van der Waals surface area contributed by atoms with E-state index in [1.807, 2.05) is 0 Å². The van der Waals surface area contributed by atoms with E-state index in [1.165, 1.54) is 70.6 Å². The highest BCUT2D eigenvalue weighted by Crippen LogP contribution is 2.30. The SMILES string of the molecule is CCCCCCCCCC(N)C1CCC1. The van der Waals surface area contributed by atoms with Gasteiger partial charge in [0.25, 0.3) is 0 Å². The van der Waals surface area contributed by atoms with Crippen LogP contribution in [0.25, 0.3) is 0 Å². The third kappa shape index (κ3) is 5.55. The molecule has 1 rings (SSSR count). The molecule has 0 aromatic heterocycles. The van der Waals surface area contributed by atoms with Crippen LogP contribution in [-0.4, -0.2) is 6.04 Å². The van der Waals surface area contributed by atoms with Gasteiger partial charge in [0.1, 0.15) is 0 Å². The predicted octanol–water partition coefficient (Wildman–Crippen LogP) is 4.25. The molecule has 1 aliphatic carbocycles. The van der Waals surface area contributed by atoms with E-state index in [1.54, 1.807) is 0 Å². The number of hydrogen-bond donors (Lipinski definition) is 1. The molecule has 15 heavy (non-hydrogen) atoms. The third-order valence-electron chi connectivity index (χ3n) is 3.90. The summed E-state index contributed by atoms with van der Waals surface area (Å²) in [6, 6.07) is 0.523. The molecule has 1 unspecified atom stereocenters. The van der Waals surface area contributed by atoms with E-state index in [2.05, 4.69) is 6.92 Å². The quantitative estimate of drug-likeness (QED) is 0.567. The van der Waals surface area contributed by atoms with E-state index >= 15 is 0 Å². The topological polar surface area (TPSA) is 26.0 Å². The van der Waals surface area contributed by atoms with Crippen LogP contribution in [0.4, 0.5) is 0 Å². The van der Waals surface area contributed by atoms with Gasteiger partial charge in [0.2, 0.25) is 0 Å². The van der Waals surface area contributed by atoms with Gasteiger partial charge in [-0.25, -0.2) is 0 Å². The highest BCUT2D eigenvalue weighted by atomic mass is 14.7. The highest BCUT2D eigenvalue weighted by Gasteiger charge is 2.23. The molecule has 0 aromatic carbocycles. The van der Waals surface area contributed by atoms with Gasteiger partial charge in [-0.05, 0) is 25.2 Å². The van der Waals surface area contributed by atoms with Crippen LogP contribution in [0.15, 0.2) is 0 Å². The maximum atomic E-state index is 6.14. The Balaban J connectivity index is 1.79. The molecule has 1 heteroatoms. The molecule has 0 saturated heterocycles. The van der Waals surface area contributed by atoms with E-state index in [9.17, 15) is 0 Å². The molecule has 0 bridgehead atoms. The summed E-state index contributed by atoms with van der Waals surface area (Å²) in [6.07, 6.45) is 15.3. The van der Waals surface area contributed by atoms with Crippen LogP contribution < -0.4 is 5.73 Å². The second kappa shape index (κ2) is 8.15. The van der Waals surface area contributed by atoms with Gasteiger partial charge in [0.05, 0.1) is 0 Å². The van der Waals surface area contributed by atoms with Crippen LogP contribution in [0, 0.1) is 5.92 Å². The first-order chi connectivity index (χ1) is 7.34. The first-order valence-electron chi connectivity index (χ1n) is 7.10. The summed E-state index contributed by atoms with van der Waals surface area (Å²) in [5.74, 6) is 0.880. The summed E-state index contributed by atoms with van der Waals surface area (Å²) in [6.45, 7) is 2.28. The minimum atomic E-state index is 0.523. The summed E-state index contributed by atoms with van der Waals surface area (Å²) in [5, 5.41) is 0. The first-order valence-corrected chi connectivity index (χ1v) is 7.10. The van der Waals surface area contributed by atoms with Crippen LogP contribution in [-0.2, 0) is 0 Å². The van der Waals surface area contributed by atoms with E-state index < -0.39 is 0 Å². The van der Waals surface area contributed by atoms with Crippen molar-refractivity contribution in [2.24, 2.45) is 11.7 Å². The van der Waals surface area contributed by atoms with Crippen LogP contribution in [0.1, 0.15) is 77.6 Å². The lowest BCUT2D eigenvalue weighted by atomic mass is 9.78. The Kier molecular flexibility index (Phi) is 7.08. The fourth-order valence-electron chi connectivity index (χ4n) is 2.44. The van der Waals surface area contributed by atoms with Crippen molar-refractivity contribution >= 4 is 0 Å². The van der Waals surface area contributed by atoms with Crippen LogP contribution in [0.2, 0.25) is 0 Å². The van der Waals surface area contributed by atoms with Crippen molar-refractivity contribution in [3.63, 3.8) is 0 Å². The monoisotopic (exact) mass is 211 g/mol. The maximum absolute atomic E-state index is 6.14. The van der Waals surface area contributed by atoms with Crippen LogP contribution in [0.5, 0.6) is 0 Å². The molecule has 0 aliphatic heterocycles. The number of unbranched alkanes of at least 4 members (excludes halogenated alkanes) is 6. The summed E-state index contributed by atoms with van der Waals surface area (Å²) in [5.41, 5.74) is 6.14. The van der Waals surface area contributed by atoms with E-state index in [4.69, 9.17) is 5.73 Å². The molecule has 0 radical (unpaired) electrons. The van der Waals surface area contributed by atoms with Crippen molar-refractivity contribution in [3.8, 4) is 0 Å². The minimum absolute atomic E-state index is 0.523. The van der Waals surface area contributed by atoms with Gasteiger partial charge < -0.3 is 5.73 Å². The first kappa shape index (κ1) is 13.0. The Morgan fingerprint density at radius 1 is 1.00 bits per heavy atom. The van der Waals surface area contributed by atoms with Crippen molar-refractivity contribution in [1.29, 1.82) is 0 Å². The molecular weight excluding hydrogens is 182 g/mol. The Morgan fingerprint density at radius 2 is 1.60 bits per heavy atom. The molecule has 0 spiro atoms. The molecule has 2 N–H and O–H groups in total. The largest absolute Gasteiger partial charge is 0.327 e. The molecule has 1 atom stereocenters. The zero-order chi connectivity index (χ0) is 10.9. The molecule has 0 aromatic rings. The van der Waals surface area contributed by atoms with Crippen molar-refractivity contribution < 1.29 is 0 Å². The van der Waals surface area contributed by atoms with Gasteiger partial charge in [-0.1, -0.05) is 58.3 Å². The normalized spacial score (nSPS) is 18.8. The summed E-state index contributed by atoms with van der Waals surface area (Å²) < 4.78 is 0. The molecule has 90 valence electrons. The van der Waals surface area contributed by atoms with Gasteiger partial charge >= 0.3 is 0 Å². The number of nitrogens with two attached hydrogens (primary N) is 1. The predicted molar refractivity (Wildman–Crippen MR) is 67.9 cm³/mol. The van der Waals surface area contributed by atoms with Crippen LogP contribution in [0.3, 0.4) is 0 Å². The minimum Gasteiger partial charge on any atom is -0.327 e. The van der Waals surface area contributed by atoms with E-state index in [-0.39, 0.29) is 0 Å². The summed E-state index contributed by atoms with van der Waals surface area (Å²) in [4.78, 5) is 0. The molecular formula is C14H29N. The fourth-order valence-corrected chi connectivity index (χ4v) is 2.44. The van der Waals surface area contributed by atoms with Gasteiger partial charge in [-0.15, -0.1) is 0 Å². The van der Waals surface area contributed by atoms with Gasteiger partial charge in [-0.2, -0.15) is 0 Å². The maximum Gasteiger partial charge on any atom is 0.00671 e. The third-order valence-corrected chi connectivity index (χ3v) is 3.90. The summed E-state index contributed by atoms with van der Waals surface area (Å²) in [7, 11) is 0. The second-order valence-electron chi connectivity index (χ2n) is 5.26. The highest BCUT2D eigenvalue weighted by molar-refractivity contribution is 4.79. The number of hydrogen-bond acceptors (Lipinski definition) is 1. The average molecular weight is 211 g/mol. The molecule has 1 aliphatic rings. The molecule has 0 heterocycles. The van der Waals surface area contributed by atoms with Gasteiger partial charge in [0, 0.05) is 6.04 Å². The Morgan fingerprint density at radius 3 is 2.13 bits per heavy atom. The zero-order valence-electron chi connectivity index (χ0n) is 10.5. The van der Waals surface area contributed by atoms with E-state index in [0.717, 1.165) is 5.92 Å². The molecule has 1 nitrogen and oxygen atoms in total. The van der Waals surface area contributed by atoms with Gasteiger partial charge in [-0.3, -0.25) is 0 Å². The lowest BCUT2D eigenvalue weighted by molar-refractivity contribution is 0.249. The van der Waals surface area contributed by atoms with Crippen molar-refractivity contribution in [1.82, 2.24) is 0 Å².